The molecule has 1 aliphatic heterocycles. The van der Waals surface area contributed by atoms with E-state index in [9.17, 15) is 14.0 Å². The largest absolute Gasteiger partial charge is 0.478 e. The van der Waals surface area contributed by atoms with Crippen LogP contribution < -0.4 is 10.7 Å². The summed E-state index contributed by atoms with van der Waals surface area (Å²) >= 11 is 0. The van der Waals surface area contributed by atoms with Crippen LogP contribution in [-0.2, 0) is 0 Å². The average molecular weight is 296 g/mol. The van der Waals surface area contributed by atoms with Gasteiger partial charge in [-0.05, 0) is 25.2 Å². The van der Waals surface area contributed by atoms with Crippen molar-refractivity contribution in [1.82, 2.24) is 15.3 Å². The molecular weight excluding hydrogens is 279 g/mol. The van der Waals surface area contributed by atoms with Crippen LogP contribution in [-0.4, -0.2) is 60.2 Å². The number of nitrogens with one attached hydrogen (secondary N) is 2. The van der Waals surface area contributed by atoms with Crippen LogP contribution in [0, 0.1) is 5.82 Å². The molecule has 21 heavy (non-hydrogen) atoms. The Hall–Kier alpha value is -2.19. The fraction of sp³-hybridized carbons (Fsp3) is 0.385. The van der Waals surface area contributed by atoms with Gasteiger partial charge in [0.25, 0.3) is 0 Å². The van der Waals surface area contributed by atoms with Crippen LogP contribution in [0.1, 0.15) is 10.4 Å². The summed E-state index contributed by atoms with van der Waals surface area (Å²) < 4.78 is 13.2. The number of likely N-dealkylation sites (N-methyl/N-ethyl adjacent to an activating group) is 1. The third kappa shape index (κ3) is 4.14. The van der Waals surface area contributed by atoms with E-state index >= 15 is 0 Å². The number of carboxylic acid groups (broad SMARTS) is 1. The Morgan fingerprint density at radius 2 is 1.90 bits per heavy atom. The molecule has 114 valence electrons. The van der Waals surface area contributed by atoms with Crippen molar-refractivity contribution in [2.75, 3.05) is 38.5 Å². The average Bonchev–Trinajstić information content (AvgIpc) is 2.41. The molecule has 0 spiro atoms. The highest BCUT2D eigenvalue weighted by Gasteiger charge is 2.17. The van der Waals surface area contributed by atoms with Crippen molar-refractivity contribution in [2.24, 2.45) is 0 Å². The lowest BCUT2D eigenvalue weighted by molar-refractivity contribution is 0.0698. The fourth-order valence-corrected chi connectivity index (χ4v) is 2.02. The maximum Gasteiger partial charge on any atom is 0.337 e. The second kappa shape index (κ2) is 6.51. The number of hydrogen-bond donors (Lipinski definition) is 3. The summed E-state index contributed by atoms with van der Waals surface area (Å²) in [4.78, 5) is 25.0. The Morgan fingerprint density at radius 1 is 1.24 bits per heavy atom. The Kier molecular flexibility index (Phi) is 4.71. The first-order chi connectivity index (χ1) is 9.95. The zero-order valence-electron chi connectivity index (χ0n) is 11.6. The van der Waals surface area contributed by atoms with Crippen LogP contribution in [0.4, 0.5) is 14.9 Å². The SMILES string of the molecule is CN1CCN(NC(=O)Nc2cc(F)ccc2C(=O)O)CC1. The predicted octanol–water partition coefficient (Wildman–Crippen LogP) is 0.808. The molecule has 1 saturated heterocycles. The number of rotatable bonds is 3. The summed E-state index contributed by atoms with van der Waals surface area (Å²) in [5.74, 6) is -1.85. The molecule has 1 fully saturated rings. The van der Waals surface area contributed by atoms with E-state index in [-0.39, 0.29) is 11.3 Å². The number of carbonyl (C=O) groups is 2. The molecule has 2 amide bonds. The highest BCUT2D eigenvalue weighted by atomic mass is 19.1. The molecule has 1 aromatic carbocycles. The minimum absolute atomic E-state index is 0.0749. The third-order valence-corrected chi connectivity index (χ3v) is 3.22. The standard InChI is InChI=1S/C13H17FN4O3/c1-17-4-6-18(7-5-17)16-13(21)15-11-8-9(14)2-3-10(11)12(19)20/h2-3,8H,4-7H2,1H3,(H,19,20)(H2,15,16,21). The Labute approximate surface area is 121 Å². The van der Waals surface area contributed by atoms with Crippen LogP contribution in [0.25, 0.3) is 0 Å². The molecule has 0 bridgehead atoms. The Bertz CT molecular complexity index is 544. The van der Waals surface area contributed by atoms with Crippen molar-refractivity contribution in [1.29, 1.82) is 0 Å². The van der Waals surface area contributed by atoms with Gasteiger partial charge in [0.2, 0.25) is 0 Å². The maximum absolute atomic E-state index is 13.2. The number of carbonyl (C=O) groups excluding carboxylic acids is 1. The number of amides is 2. The van der Waals surface area contributed by atoms with E-state index in [1.165, 1.54) is 0 Å². The van der Waals surface area contributed by atoms with Gasteiger partial charge in [-0.3, -0.25) is 5.43 Å². The molecular formula is C13H17FN4O3. The number of piperazine rings is 1. The van der Waals surface area contributed by atoms with Crippen molar-refractivity contribution < 1.29 is 19.1 Å². The molecule has 3 N–H and O–H groups in total. The van der Waals surface area contributed by atoms with Crippen LogP contribution in [0.3, 0.4) is 0 Å². The van der Waals surface area contributed by atoms with E-state index in [0.29, 0.717) is 13.1 Å². The van der Waals surface area contributed by atoms with E-state index < -0.39 is 17.8 Å². The number of urea groups is 1. The first-order valence-electron chi connectivity index (χ1n) is 6.49. The highest BCUT2D eigenvalue weighted by Crippen LogP contribution is 2.17. The molecule has 1 aromatic rings. The smallest absolute Gasteiger partial charge is 0.337 e. The summed E-state index contributed by atoms with van der Waals surface area (Å²) in [6, 6.07) is 2.54. The summed E-state index contributed by atoms with van der Waals surface area (Å²) in [5, 5.41) is 13.1. The lowest BCUT2D eigenvalue weighted by atomic mass is 10.2. The van der Waals surface area contributed by atoms with Gasteiger partial charge in [-0.1, -0.05) is 0 Å². The maximum atomic E-state index is 13.2. The number of halogens is 1. The number of hydrogen-bond acceptors (Lipinski definition) is 4. The molecule has 0 atom stereocenters. The zero-order valence-corrected chi connectivity index (χ0v) is 11.6. The van der Waals surface area contributed by atoms with E-state index in [4.69, 9.17) is 5.11 Å². The van der Waals surface area contributed by atoms with Crippen molar-refractivity contribution >= 4 is 17.7 Å². The van der Waals surface area contributed by atoms with Crippen molar-refractivity contribution in [2.45, 2.75) is 0 Å². The molecule has 0 saturated carbocycles. The first kappa shape index (κ1) is 15.2. The minimum atomic E-state index is -1.23. The Balaban J connectivity index is 1.99. The molecule has 0 unspecified atom stereocenters. The number of carboxylic acids is 1. The van der Waals surface area contributed by atoms with Crippen LogP contribution in [0.2, 0.25) is 0 Å². The van der Waals surface area contributed by atoms with Crippen LogP contribution in [0.15, 0.2) is 18.2 Å². The normalized spacial score (nSPS) is 16.5. The second-order valence-corrected chi connectivity index (χ2v) is 4.85. The van der Waals surface area contributed by atoms with E-state index in [2.05, 4.69) is 15.6 Å². The highest BCUT2D eigenvalue weighted by molar-refractivity contribution is 5.99. The molecule has 0 aromatic heterocycles. The molecule has 7 nitrogen and oxygen atoms in total. The number of aromatic carboxylic acids is 1. The molecule has 0 radical (unpaired) electrons. The van der Waals surface area contributed by atoms with Crippen molar-refractivity contribution in [3.63, 3.8) is 0 Å². The van der Waals surface area contributed by atoms with Gasteiger partial charge in [0.05, 0.1) is 11.3 Å². The number of nitrogens with zero attached hydrogens (tertiary/aromatic N) is 2. The monoisotopic (exact) mass is 296 g/mol. The lowest BCUT2D eigenvalue weighted by Gasteiger charge is -2.32. The van der Waals surface area contributed by atoms with Gasteiger partial charge in [0.1, 0.15) is 5.82 Å². The predicted molar refractivity (Wildman–Crippen MR) is 74.6 cm³/mol. The minimum Gasteiger partial charge on any atom is -0.478 e. The lowest BCUT2D eigenvalue weighted by Crippen LogP contribution is -2.53. The zero-order chi connectivity index (χ0) is 15.4. The molecule has 2 rings (SSSR count). The van der Waals surface area contributed by atoms with Gasteiger partial charge < -0.3 is 15.3 Å². The van der Waals surface area contributed by atoms with Gasteiger partial charge in [0.15, 0.2) is 0 Å². The molecule has 0 aliphatic carbocycles. The van der Waals surface area contributed by atoms with Gasteiger partial charge in [0, 0.05) is 26.2 Å². The van der Waals surface area contributed by atoms with Crippen LogP contribution in [0.5, 0.6) is 0 Å². The summed E-state index contributed by atoms with van der Waals surface area (Å²) in [7, 11) is 1.99. The fourth-order valence-electron chi connectivity index (χ4n) is 2.02. The molecule has 1 heterocycles. The number of anilines is 1. The quantitative estimate of drug-likeness (QED) is 0.768. The van der Waals surface area contributed by atoms with Gasteiger partial charge in [-0.15, -0.1) is 0 Å². The molecule has 8 heteroatoms. The van der Waals surface area contributed by atoms with E-state index in [0.717, 1.165) is 31.3 Å². The van der Waals surface area contributed by atoms with Crippen LogP contribution >= 0.6 is 0 Å². The van der Waals surface area contributed by atoms with Crippen molar-refractivity contribution in [3.05, 3.63) is 29.6 Å². The summed E-state index contributed by atoms with van der Waals surface area (Å²) in [6.07, 6.45) is 0. The Morgan fingerprint density at radius 3 is 2.52 bits per heavy atom. The molecule has 1 aliphatic rings. The topological polar surface area (TPSA) is 84.9 Å². The first-order valence-corrected chi connectivity index (χ1v) is 6.49. The number of hydrazine groups is 1. The van der Waals surface area contributed by atoms with Gasteiger partial charge in [-0.2, -0.15) is 0 Å². The second-order valence-electron chi connectivity index (χ2n) is 4.85. The summed E-state index contributed by atoms with van der Waals surface area (Å²) in [6.45, 7) is 2.97. The van der Waals surface area contributed by atoms with E-state index in [1.54, 1.807) is 5.01 Å². The van der Waals surface area contributed by atoms with Crippen molar-refractivity contribution in [3.8, 4) is 0 Å². The van der Waals surface area contributed by atoms with Gasteiger partial charge in [-0.25, -0.2) is 19.0 Å². The van der Waals surface area contributed by atoms with E-state index in [1.807, 2.05) is 7.05 Å². The summed E-state index contributed by atoms with van der Waals surface area (Å²) in [5.41, 5.74) is 2.38. The van der Waals surface area contributed by atoms with Gasteiger partial charge >= 0.3 is 12.0 Å². The number of benzene rings is 1. The third-order valence-electron chi connectivity index (χ3n) is 3.22.